The van der Waals surface area contributed by atoms with Crippen molar-refractivity contribution in [2.75, 3.05) is 13.2 Å². The molecule has 0 unspecified atom stereocenters. The normalized spacial score (nSPS) is 10.6. The second-order valence-corrected chi connectivity index (χ2v) is 4.30. The van der Waals surface area contributed by atoms with Crippen molar-refractivity contribution in [2.24, 2.45) is 0 Å². The third-order valence-corrected chi connectivity index (χ3v) is 2.95. The molecule has 3 heteroatoms. The molecule has 0 fully saturated rings. The molecule has 0 aromatic heterocycles. The molecule has 2 aromatic carbocycles. The molecule has 100 valence electrons. The van der Waals surface area contributed by atoms with E-state index in [4.69, 9.17) is 4.74 Å². The van der Waals surface area contributed by atoms with E-state index in [-0.39, 0.29) is 11.6 Å². The Morgan fingerprint density at radius 3 is 1.53 bits per heavy atom. The number of ether oxygens (including phenoxy) is 1. The molecule has 0 aliphatic heterocycles. The fourth-order valence-corrected chi connectivity index (χ4v) is 1.87. The van der Waals surface area contributed by atoms with Crippen molar-refractivity contribution in [3.05, 3.63) is 71.3 Å². The second-order valence-electron chi connectivity index (χ2n) is 4.30. The highest BCUT2D eigenvalue weighted by Crippen LogP contribution is 2.09. The van der Waals surface area contributed by atoms with Crippen molar-refractivity contribution in [3.63, 3.8) is 0 Å². The zero-order chi connectivity index (χ0) is 13.5. The molecule has 1 nitrogen and oxygen atoms in total. The van der Waals surface area contributed by atoms with Gasteiger partial charge in [0.1, 0.15) is 11.6 Å². The quantitative estimate of drug-likeness (QED) is 0.720. The highest BCUT2D eigenvalue weighted by atomic mass is 19.1. The molecule has 0 aliphatic rings. The van der Waals surface area contributed by atoms with Gasteiger partial charge in [-0.3, -0.25) is 0 Å². The molecule has 0 atom stereocenters. The van der Waals surface area contributed by atoms with E-state index < -0.39 is 0 Å². The predicted molar refractivity (Wildman–Crippen MR) is 71.0 cm³/mol. The van der Waals surface area contributed by atoms with E-state index in [1.54, 1.807) is 36.4 Å². The Labute approximate surface area is 111 Å². The van der Waals surface area contributed by atoms with Crippen LogP contribution in [-0.4, -0.2) is 13.2 Å². The lowest BCUT2D eigenvalue weighted by molar-refractivity contribution is 0.139. The third kappa shape index (κ3) is 4.14. The maximum absolute atomic E-state index is 13.3. The maximum atomic E-state index is 13.3. The lowest BCUT2D eigenvalue weighted by Crippen LogP contribution is -2.04. The van der Waals surface area contributed by atoms with Gasteiger partial charge in [-0.1, -0.05) is 36.4 Å². The SMILES string of the molecule is Fc1ccccc1CCOCCc1ccccc1F. The van der Waals surface area contributed by atoms with Crippen LogP contribution < -0.4 is 0 Å². The Kier molecular flexibility index (Phi) is 5.04. The Balaban J connectivity index is 1.71. The van der Waals surface area contributed by atoms with Crippen LogP contribution in [0.1, 0.15) is 11.1 Å². The summed E-state index contributed by atoms with van der Waals surface area (Å²) in [5.74, 6) is -0.416. The number of halogens is 2. The molecule has 2 aromatic rings. The highest BCUT2D eigenvalue weighted by molar-refractivity contribution is 5.18. The number of hydrogen-bond donors (Lipinski definition) is 0. The summed E-state index contributed by atoms with van der Waals surface area (Å²) in [4.78, 5) is 0. The Hall–Kier alpha value is -1.74. The van der Waals surface area contributed by atoms with Crippen LogP contribution in [0.5, 0.6) is 0 Å². The average Bonchev–Trinajstić information content (AvgIpc) is 2.42. The van der Waals surface area contributed by atoms with Gasteiger partial charge in [-0.2, -0.15) is 0 Å². The standard InChI is InChI=1S/C16H16F2O/c17-15-7-3-1-5-13(15)9-11-19-12-10-14-6-2-4-8-16(14)18/h1-8H,9-12H2. The summed E-state index contributed by atoms with van der Waals surface area (Å²) in [7, 11) is 0. The van der Waals surface area contributed by atoms with Crippen LogP contribution in [0.4, 0.5) is 8.78 Å². The van der Waals surface area contributed by atoms with Gasteiger partial charge in [-0.15, -0.1) is 0 Å². The zero-order valence-corrected chi connectivity index (χ0v) is 10.6. The van der Waals surface area contributed by atoms with Gasteiger partial charge in [0.2, 0.25) is 0 Å². The molecule has 0 N–H and O–H groups in total. The zero-order valence-electron chi connectivity index (χ0n) is 10.6. The van der Waals surface area contributed by atoms with Crippen molar-refractivity contribution in [1.82, 2.24) is 0 Å². The van der Waals surface area contributed by atoms with Crippen LogP contribution in [0, 0.1) is 11.6 Å². The van der Waals surface area contributed by atoms with Gasteiger partial charge in [-0.25, -0.2) is 8.78 Å². The summed E-state index contributed by atoms with van der Waals surface area (Å²) >= 11 is 0. The largest absolute Gasteiger partial charge is 0.381 e. The van der Waals surface area contributed by atoms with Crippen LogP contribution >= 0.6 is 0 Å². The molecule has 0 amide bonds. The molecule has 0 bridgehead atoms. The lowest BCUT2D eigenvalue weighted by atomic mass is 10.1. The monoisotopic (exact) mass is 262 g/mol. The predicted octanol–water partition coefficient (Wildman–Crippen LogP) is 3.77. The average molecular weight is 262 g/mol. The summed E-state index contributed by atoms with van der Waals surface area (Å²) in [5, 5.41) is 0. The van der Waals surface area contributed by atoms with Gasteiger partial charge >= 0.3 is 0 Å². The van der Waals surface area contributed by atoms with Crippen LogP contribution in [0.2, 0.25) is 0 Å². The van der Waals surface area contributed by atoms with Crippen LogP contribution in [0.3, 0.4) is 0 Å². The topological polar surface area (TPSA) is 9.23 Å². The first-order valence-electron chi connectivity index (χ1n) is 6.32. The molecule has 0 spiro atoms. The molecule has 0 radical (unpaired) electrons. The first kappa shape index (κ1) is 13.7. The van der Waals surface area contributed by atoms with Crippen LogP contribution in [0.25, 0.3) is 0 Å². The molecule has 0 heterocycles. The first-order chi connectivity index (χ1) is 9.27. The smallest absolute Gasteiger partial charge is 0.126 e. The summed E-state index contributed by atoms with van der Waals surface area (Å²) in [6, 6.07) is 13.3. The highest BCUT2D eigenvalue weighted by Gasteiger charge is 2.02. The van der Waals surface area contributed by atoms with Crippen LogP contribution in [0.15, 0.2) is 48.5 Å². The lowest BCUT2D eigenvalue weighted by Gasteiger charge is -2.06. The fourth-order valence-electron chi connectivity index (χ4n) is 1.87. The van der Waals surface area contributed by atoms with Crippen LogP contribution in [-0.2, 0) is 17.6 Å². The van der Waals surface area contributed by atoms with Crippen molar-refractivity contribution < 1.29 is 13.5 Å². The number of benzene rings is 2. The van der Waals surface area contributed by atoms with E-state index >= 15 is 0 Å². The van der Waals surface area contributed by atoms with E-state index in [0.29, 0.717) is 37.2 Å². The Morgan fingerprint density at radius 2 is 1.11 bits per heavy atom. The van der Waals surface area contributed by atoms with Gasteiger partial charge in [0.15, 0.2) is 0 Å². The maximum Gasteiger partial charge on any atom is 0.126 e. The van der Waals surface area contributed by atoms with E-state index in [1.165, 1.54) is 12.1 Å². The van der Waals surface area contributed by atoms with E-state index in [2.05, 4.69) is 0 Å². The van der Waals surface area contributed by atoms with Gasteiger partial charge in [-0.05, 0) is 36.1 Å². The summed E-state index contributed by atoms with van der Waals surface area (Å²) in [5.41, 5.74) is 1.29. The minimum absolute atomic E-state index is 0.208. The van der Waals surface area contributed by atoms with Crippen molar-refractivity contribution in [2.45, 2.75) is 12.8 Å². The minimum atomic E-state index is -0.208. The molecule has 0 aliphatic carbocycles. The molecular formula is C16H16F2O. The number of rotatable bonds is 6. The fraction of sp³-hybridized carbons (Fsp3) is 0.250. The van der Waals surface area contributed by atoms with Gasteiger partial charge in [0.05, 0.1) is 13.2 Å². The summed E-state index contributed by atoms with van der Waals surface area (Å²) in [6.07, 6.45) is 1.06. The van der Waals surface area contributed by atoms with E-state index in [0.717, 1.165) is 0 Å². The first-order valence-corrected chi connectivity index (χ1v) is 6.32. The van der Waals surface area contributed by atoms with E-state index in [1.807, 2.05) is 0 Å². The van der Waals surface area contributed by atoms with E-state index in [9.17, 15) is 8.78 Å². The summed E-state index contributed by atoms with van der Waals surface area (Å²) < 4.78 is 32.0. The second kappa shape index (κ2) is 7.00. The van der Waals surface area contributed by atoms with Crippen molar-refractivity contribution in [3.8, 4) is 0 Å². The van der Waals surface area contributed by atoms with Gasteiger partial charge in [0, 0.05) is 0 Å². The third-order valence-electron chi connectivity index (χ3n) is 2.95. The molecule has 19 heavy (non-hydrogen) atoms. The molecule has 0 saturated heterocycles. The Bertz CT molecular complexity index is 478. The Morgan fingerprint density at radius 1 is 0.684 bits per heavy atom. The molecular weight excluding hydrogens is 246 g/mol. The van der Waals surface area contributed by atoms with Crippen molar-refractivity contribution in [1.29, 1.82) is 0 Å². The minimum Gasteiger partial charge on any atom is -0.381 e. The molecule has 0 saturated carbocycles. The van der Waals surface area contributed by atoms with Crippen molar-refractivity contribution >= 4 is 0 Å². The summed E-state index contributed by atoms with van der Waals surface area (Å²) in [6.45, 7) is 0.880. The number of hydrogen-bond acceptors (Lipinski definition) is 1. The molecule has 2 rings (SSSR count). The van der Waals surface area contributed by atoms with Gasteiger partial charge in [0.25, 0.3) is 0 Å². The van der Waals surface area contributed by atoms with Gasteiger partial charge < -0.3 is 4.74 Å².